The highest BCUT2D eigenvalue weighted by Crippen LogP contribution is 2.65. The average molecular weight is 453 g/mol. The Balaban J connectivity index is 2.05. The molecule has 0 aromatic rings. The standard InChI is InChI=1S/C24H40N2O6/c1-7-9-10-11-25-20(28)19-24-12-15(5)23(6,32-24)18(22(30)31-8-2)17(24)21(29)26(19)16(13-27)14(3)4/h14-19,27H,7-13H2,1-6H3,(H,25,28)/t15?,16-,17-,18-,19?,23+,24?/m0/s1. The second-order valence-electron chi connectivity index (χ2n) is 10.2. The topological polar surface area (TPSA) is 105 Å². The molecule has 0 aromatic carbocycles. The number of nitrogens with one attached hydrogen (secondary N) is 1. The molecule has 8 nitrogen and oxygen atoms in total. The van der Waals surface area contributed by atoms with E-state index in [1.165, 1.54) is 4.90 Å². The number of nitrogens with zero attached hydrogens (tertiary/aromatic N) is 1. The Morgan fingerprint density at radius 1 is 1.31 bits per heavy atom. The minimum atomic E-state index is -1.10. The van der Waals surface area contributed by atoms with Crippen LogP contribution >= 0.6 is 0 Å². The number of aliphatic hydroxyl groups is 1. The second-order valence-corrected chi connectivity index (χ2v) is 10.2. The predicted octanol–water partition coefficient (Wildman–Crippen LogP) is 1.88. The molecule has 8 heteroatoms. The maximum Gasteiger partial charge on any atom is 0.312 e. The van der Waals surface area contributed by atoms with Gasteiger partial charge in [-0.1, -0.05) is 40.5 Å². The molecule has 2 N–H and O–H groups in total. The number of hydrogen-bond donors (Lipinski definition) is 2. The Hall–Kier alpha value is -1.67. The van der Waals surface area contributed by atoms with Crippen LogP contribution in [0.5, 0.6) is 0 Å². The summed E-state index contributed by atoms with van der Waals surface area (Å²) < 4.78 is 12.0. The van der Waals surface area contributed by atoms with Crippen LogP contribution in [0.3, 0.4) is 0 Å². The molecule has 32 heavy (non-hydrogen) atoms. The zero-order chi connectivity index (χ0) is 23.8. The van der Waals surface area contributed by atoms with E-state index in [1.54, 1.807) is 6.92 Å². The van der Waals surface area contributed by atoms with Crippen LogP contribution in [0, 0.1) is 23.7 Å². The Kier molecular flexibility index (Phi) is 7.25. The lowest BCUT2D eigenvalue weighted by Crippen LogP contribution is -2.59. The largest absolute Gasteiger partial charge is 0.466 e. The van der Waals surface area contributed by atoms with Crippen molar-refractivity contribution in [2.45, 2.75) is 90.5 Å². The maximum absolute atomic E-state index is 13.9. The fourth-order valence-electron chi connectivity index (χ4n) is 6.23. The quantitative estimate of drug-likeness (QED) is 0.387. The highest BCUT2D eigenvalue weighted by molar-refractivity contribution is 5.98. The molecule has 1 spiro atoms. The van der Waals surface area contributed by atoms with E-state index in [9.17, 15) is 19.5 Å². The highest BCUT2D eigenvalue weighted by atomic mass is 16.6. The van der Waals surface area contributed by atoms with Crippen LogP contribution < -0.4 is 5.32 Å². The van der Waals surface area contributed by atoms with Gasteiger partial charge in [0.05, 0.1) is 30.8 Å². The third-order valence-corrected chi connectivity index (χ3v) is 7.93. The predicted molar refractivity (Wildman–Crippen MR) is 118 cm³/mol. The zero-order valence-electron chi connectivity index (χ0n) is 20.3. The van der Waals surface area contributed by atoms with Gasteiger partial charge in [0.2, 0.25) is 11.8 Å². The summed E-state index contributed by atoms with van der Waals surface area (Å²) in [7, 11) is 0. The third kappa shape index (κ3) is 3.63. The summed E-state index contributed by atoms with van der Waals surface area (Å²) >= 11 is 0. The van der Waals surface area contributed by atoms with E-state index < -0.39 is 41.1 Å². The first-order chi connectivity index (χ1) is 15.1. The van der Waals surface area contributed by atoms with Crippen molar-refractivity contribution in [3.05, 3.63) is 0 Å². The van der Waals surface area contributed by atoms with Crippen molar-refractivity contribution >= 4 is 17.8 Å². The molecular weight excluding hydrogens is 412 g/mol. The third-order valence-electron chi connectivity index (χ3n) is 7.93. The molecule has 3 saturated heterocycles. The van der Waals surface area contributed by atoms with Crippen molar-refractivity contribution in [3.63, 3.8) is 0 Å². The van der Waals surface area contributed by atoms with Crippen molar-refractivity contribution in [2.24, 2.45) is 23.7 Å². The number of hydrogen-bond acceptors (Lipinski definition) is 6. The lowest BCUT2D eigenvalue weighted by atomic mass is 9.62. The number of ether oxygens (including phenoxy) is 2. The molecule has 3 aliphatic heterocycles. The van der Waals surface area contributed by atoms with E-state index in [2.05, 4.69) is 12.2 Å². The summed E-state index contributed by atoms with van der Waals surface area (Å²) in [6.45, 7) is 12.0. The van der Waals surface area contributed by atoms with Gasteiger partial charge < -0.3 is 24.8 Å². The van der Waals surface area contributed by atoms with Gasteiger partial charge in [0.25, 0.3) is 0 Å². The fraction of sp³-hybridized carbons (Fsp3) is 0.875. The number of aliphatic hydroxyl groups excluding tert-OH is 1. The summed E-state index contributed by atoms with van der Waals surface area (Å²) in [5, 5.41) is 13.2. The number of fused-ring (bicyclic) bond motifs is 1. The van der Waals surface area contributed by atoms with Gasteiger partial charge in [-0.3, -0.25) is 14.4 Å². The average Bonchev–Trinajstić information content (AvgIpc) is 3.23. The number of esters is 1. The van der Waals surface area contributed by atoms with Gasteiger partial charge >= 0.3 is 5.97 Å². The van der Waals surface area contributed by atoms with Gasteiger partial charge in [0.1, 0.15) is 17.6 Å². The summed E-state index contributed by atoms with van der Waals surface area (Å²) in [5.74, 6) is -2.66. The molecule has 7 atom stereocenters. The Bertz CT molecular complexity index is 742. The lowest BCUT2D eigenvalue weighted by Gasteiger charge is -2.38. The monoisotopic (exact) mass is 452 g/mol. The summed E-state index contributed by atoms with van der Waals surface area (Å²) in [5.41, 5.74) is -1.97. The molecule has 0 saturated carbocycles. The molecule has 3 aliphatic rings. The number of carbonyl (C=O) groups excluding carboxylic acids is 3. The normalized spacial score (nSPS) is 36.5. The molecule has 0 radical (unpaired) electrons. The molecule has 2 bridgehead atoms. The van der Waals surface area contributed by atoms with Crippen molar-refractivity contribution < 1.29 is 29.0 Å². The van der Waals surface area contributed by atoms with Gasteiger partial charge in [-0.2, -0.15) is 0 Å². The van der Waals surface area contributed by atoms with Crippen LogP contribution in [0.25, 0.3) is 0 Å². The lowest BCUT2D eigenvalue weighted by molar-refractivity contribution is -0.162. The van der Waals surface area contributed by atoms with Crippen LogP contribution in [-0.4, -0.2) is 70.8 Å². The molecule has 0 aromatic heterocycles. The molecule has 0 aliphatic carbocycles. The van der Waals surface area contributed by atoms with Crippen LogP contribution in [0.2, 0.25) is 0 Å². The first kappa shape index (κ1) is 25.0. The van der Waals surface area contributed by atoms with E-state index in [0.717, 1.165) is 19.3 Å². The van der Waals surface area contributed by atoms with Gasteiger partial charge in [-0.05, 0) is 38.5 Å². The van der Waals surface area contributed by atoms with E-state index >= 15 is 0 Å². The van der Waals surface area contributed by atoms with Gasteiger partial charge in [-0.15, -0.1) is 0 Å². The van der Waals surface area contributed by atoms with Crippen molar-refractivity contribution in [3.8, 4) is 0 Å². The van der Waals surface area contributed by atoms with E-state index in [4.69, 9.17) is 9.47 Å². The first-order valence-corrected chi connectivity index (χ1v) is 12.2. The second kappa shape index (κ2) is 9.29. The summed E-state index contributed by atoms with van der Waals surface area (Å²) in [6.07, 6.45) is 3.40. The SMILES string of the molecule is CCCCCNC(=O)C1N([C@@H](CO)C(C)C)C(=O)[C@@H]2[C@@H](C(=O)OCC)[C@]3(C)OC12CC3C. The smallest absolute Gasteiger partial charge is 0.312 e. The van der Waals surface area contributed by atoms with Crippen molar-refractivity contribution in [1.29, 1.82) is 0 Å². The molecule has 182 valence electrons. The van der Waals surface area contributed by atoms with Crippen molar-refractivity contribution in [2.75, 3.05) is 19.8 Å². The van der Waals surface area contributed by atoms with E-state index in [1.807, 2.05) is 27.7 Å². The Morgan fingerprint density at radius 3 is 2.56 bits per heavy atom. The number of rotatable bonds is 10. The highest BCUT2D eigenvalue weighted by Gasteiger charge is 2.80. The van der Waals surface area contributed by atoms with Crippen LogP contribution in [0.15, 0.2) is 0 Å². The summed E-state index contributed by atoms with van der Waals surface area (Å²) in [4.78, 5) is 42.0. The maximum atomic E-state index is 13.9. The molecule has 3 unspecified atom stereocenters. The molecule has 3 fully saturated rings. The Labute approximate surface area is 191 Å². The van der Waals surface area contributed by atoms with E-state index in [0.29, 0.717) is 13.0 Å². The Morgan fingerprint density at radius 2 is 2.00 bits per heavy atom. The van der Waals surface area contributed by atoms with Crippen LogP contribution in [-0.2, 0) is 23.9 Å². The van der Waals surface area contributed by atoms with Gasteiger partial charge in [0, 0.05) is 6.54 Å². The molecule has 2 amide bonds. The molecule has 3 rings (SSSR count). The molecule has 3 heterocycles. The minimum absolute atomic E-state index is 0.0251. The number of carbonyl (C=O) groups is 3. The first-order valence-electron chi connectivity index (χ1n) is 12.2. The van der Waals surface area contributed by atoms with Crippen LogP contribution in [0.4, 0.5) is 0 Å². The number of unbranched alkanes of at least 4 members (excludes halogenated alkanes) is 2. The molecular formula is C24H40N2O6. The minimum Gasteiger partial charge on any atom is -0.466 e. The fourth-order valence-corrected chi connectivity index (χ4v) is 6.23. The summed E-state index contributed by atoms with van der Waals surface area (Å²) in [6, 6.07) is -1.42. The number of likely N-dealkylation sites (tertiary alicyclic amines) is 1. The number of amides is 2. The van der Waals surface area contributed by atoms with Gasteiger partial charge in [0.15, 0.2) is 0 Å². The van der Waals surface area contributed by atoms with Crippen LogP contribution in [0.1, 0.15) is 67.2 Å². The zero-order valence-corrected chi connectivity index (χ0v) is 20.3. The van der Waals surface area contributed by atoms with E-state index in [-0.39, 0.29) is 36.9 Å². The van der Waals surface area contributed by atoms with Gasteiger partial charge in [-0.25, -0.2) is 0 Å². The van der Waals surface area contributed by atoms with Crippen molar-refractivity contribution in [1.82, 2.24) is 10.2 Å².